The Kier molecular flexibility index (Phi) is 3.72. The lowest BCUT2D eigenvalue weighted by atomic mass is 10.0. The van der Waals surface area contributed by atoms with Crippen LogP contribution in [0.15, 0.2) is 41.8 Å². The molecule has 0 aliphatic heterocycles. The molecule has 2 aromatic rings. The third-order valence-electron chi connectivity index (χ3n) is 2.64. The van der Waals surface area contributed by atoms with E-state index in [1.165, 1.54) is 16.0 Å². The molecule has 3 N–H and O–H groups in total. The number of nitrogens with two attached hydrogens (primary N) is 1. The van der Waals surface area contributed by atoms with Gasteiger partial charge in [0.1, 0.15) is 0 Å². The van der Waals surface area contributed by atoms with Crippen LogP contribution in [0.3, 0.4) is 0 Å². The van der Waals surface area contributed by atoms with E-state index < -0.39 is 0 Å². The number of aryl methyl sites for hydroxylation is 1. The number of benzene rings is 1. The fraction of sp³-hybridized carbons (Fsp3) is 0.231. The highest BCUT2D eigenvalue weighted by Gasteiger charge is 2.11. The van der Waals surface area contributed by atoms with Gasteiger partial charge in [-0.25, -0.2) is 0 Å². The first-order valence-electron chi connectivity index (χ1n) is 5.34. The first-order chi connectivity index (χ1) is 7.79. The molecule has 3 heteroatoms. The Labute approximate surface area is 100 Å². The van der Waals surface area contributed by atoms with E-state index in [0.29, 0.717) is 0 Å². The van der Waals surface area contributed by atoms with Crippen LogP contribution in [0, 0.1) is 6.92 Å². The number of rotatable bonds is 4. The molecule has 1 unspecified atom stereocenters. The van der Waals surface area contributed by atoms with E-state index in [2.05, 4.69) is 48.1 Å². The fourth-order valence-electron chi connectivity index (χ4n) is 1.77. The molecule has 0 amide bonds. The van der Waals surface area contributed by atoms with Crippen molar-refractivity contribution < 1.29 is 0 Å². The summed E-state index contributed by atoms with van der Waals surface area (Å²) in [6.07, 6.45) is 0.924. The maximum Gasteiger partial charge on any atom is 0.0508 e. The van der Waals surface area contributed by atoms with E-state index >= 15 is 0 Å². The van der Waals surface area contributed by atoms with E-state index in [1.807, 2.05) is 6.07 Å². The highest BCUT2D eigenvalue weighted by Crippen LogP contribution is 2.22. The van der Waals surface area contributed by atoms with Crippen LogP contribution in [0.1, 0.15) is 22.0 Å². The number of hydrazine groups is 1. The average Bonchev–Trinajstić information content (AvgIpc) is 2.74. The molecule has 0 fully saturated rings. The number of nitrogens with one attached hydrogen (secondary N) is 1. The molecule has 1 heterocycles. The van der Waals surface area contributed by atoms with Crippen molar-refractivity contribution in [1.82, 2.24) is 5.43 Å². The van der Waals surface area contributed by atoms with Gasteiger partial charge in [0.05, 0.1) is 6.04 Å². The molecule has 0 radical (unpaired) electrons. The summed E-state index contributed by atoms with van der Waals surface area (Å²) in [6, 6.07) is 12.8. The molecule has 0 aliphatic carbocycles. The van der Waals surface area contributed by atoms with Crippen LogP contribution in [0.4, 0.5) is 0 Å². The van der Waals surface area contributed by atoms with Gasteiger partial charge in [-0.3, -0.25) is 11.3 Å². The van der Waals surface area contributed by atoms with E-state index in [-0.39, 0.29) is 6.04 Å². The predicted molar refractivity (Wildman–Crippen MR) is 69.3 cm³/mol. The summed E-state index contributed by atoms with van der Waals surface area (Å²) in [6.45, 7) is 2.12. The molecular formula is C13H16N2S. The lowest BCUT2D eigenvalue weighted by Gasteiger charge is -2.14. The third-order valence-corrected chi connectivity index (χ3v) is 3.52. The van der Waals surface area contributed by atoms with Crippen LogP contribution in [-0.4, -0.2) is 0 Å². The van der Waals surface area contributed by atoms with Gasteiger partial charge in [-0.15, -0.1) is 11.3 Å². The summed E-state index contributed by atoms with van der Waals surface area (Å²) >= 11 is 1.76. The maximum absolute atomic E-state index is 5.62. The Morgan fingerprint density at radius 2 is 2.06 bits per heavy atom. The molecule has 2 rings (SSSR count). The molecule has 84 valence electrons. The third kappa shape index (κ3) is 2.70. The molecule has 2 nitrogen and oxygen atoms in total. The zero-order valence-electron chi connectivity index (χ0n) is 9.31. The van der Waals surface area contributed by atoms with Crippen molar-refractivity contribution in [3.63, 3.8) is 0 Å². The highest BCUT2D eigenvalue weighted by atomic mass is 32.1. The lowest BCUT2D eigenvalue weighted by Crippen LogP contribution is -2.29. The molecule has 0 saturated heterocycles. The Balaban J connectivity index is 2.12. The zero-order chi connectivity index (χ0) is 11.4. The van der Waals surface area contributed by atoms with E-state index in [0.717, 1.165) is 6.42 Å². The van der Waals surface area contributed by atoms with Crippen molar-refractivity contribution >= 4 is 11.3 Å². The van der Waals surface area contributed by atoms with Crippen molar-refractivity contribution in [1.29, 1.82) is 0 Å². The van der Waals surface area contributed by atoms with Gasteiger partial charge in [-0.05, 0) is 35.9 Å². The molecule has 0 aliphatic rings. The zero-order valence-corrected chi connectivity index (χ0v) is 10.1. The van der Waals surface area contributed by atoms with Gasteiger partial charge in [0.2, 0.25) is 0 Å². The smallest absolute Gasteiger partial charge is 0.0508 e. The molecule has 1 atom stereocenters. The number of hydrogen-bond acceptors (Lipinski definition) is 3. The Hall–Kier alpha value is -1.16. The first kappa shape index (κ1) is 11.3. The summed E-state index contributed by atoms with van der Waals surface area (Å²) in [5.74, 6) is 5.62. The second-order valence-electron chi connectivity index (χ2n) is 3.90. The van der Waals surface area contributed by atoms with E-state index in [9.17, 15) is 0 Å². The van der Waals surface area contributed by atoms with E-state index in [4.69, 9.17) is 5.84 Å². The standard InChI is InChI=1S/C13H16N2S/c1-10-7-12(9-16-10)13(15-14)8-11-5-3-2-4-6-11/h2-7,9,13,15H,8,14H2,1H3. The summed E-state index contributed by atoms with van der Waals surface area (Å²) in [5.41, 5.74) is 5.46. The molecule has 1 aromatic carbocycles. The monoisotopic (exact) mass is 232 g/mol. The van der Waals surface area contributed by atoms with Crippen molar-refractivity contribution in [3.8, 4) is 0 Å². The quantitative estimate of drug-likeness (QED) is 0.628. The second kappa shape index (κ2) is 5.25. The molecule has 1 aromatic heterocycles. The van der Waals surface area contributed by atoms with Gasteiger partial charge in [-0.1, -0.05) is 30.3 Å². The van der Waals surface area contributed by atoms with Crippen molar-refractivity contribution in [2.45, 2.75) is 19.4 Å². The second-order valence-corrected chi connectivity index (χ2v) is 5.02. The SMILES string of the molecule is Cc1cc(C(Cc2ccccc2)NN)cs1. The average molecular weight is 232 g/mol. The maximum atomic E-state index is 5.62. The number of thiophene rings is 1. The fourth-order valence-corrected chi connectivity index (χ4v) is 2.53. The van der Waals surface area contributed by atoms with Crippen molar-refractivity contribution in [3.05, 3.63) is 57.8 Å². The summed E-state index contributed by atoms with van der Waals surface area (Å²) in [7, 11) is 0. The normalized spacial score (nSPS) is 12.6. The minimum absolute atomic E-state index is 0.201. The van der Waals surface area contributed by atoms with Gasteiger partial charge in [0.25, 0.3) is 0 Å². The van der Waals surface area contributed by atoms with E-state index in [1.54, 1.807) is 11.3 Å². The van der Waals surface area contributed by atoms with Gasteiger partial charge >= 0.3 is 0 Å². The van der Waals surface area contributed by atoms with Crippen LogP contribution in [0.5, 0.6) is 0 Å². The molecule has 0 spiro atoms. The Morgan fingerprint density at radius 3 is 2.62 bits per heavy atom. The van der Waals surface area contributed by atoms with Crippen LogP contribution in [-0.2, 0) is 6.42 Å². The van der Waals surface area contributed by atoms with Crippen LogP contribution >= 0.6 is 11.3 Å². The highest BCUT2D eigenvalue weighted by molar-refractivity contribution is 7.10. The minimum Gasteiger partial charge on any atom is -0.271 e. The Morgan fingerprint density at radius 1 is 1.31 bits per heavy atom. The van der Waals surface area contributed by atoms with Gasteiger partial charge < -0.3 is 0 Å². The van der Waals surface area contributed by atoms with Gasteiger partial charge in [0, 0.05) is 4.88 Å². The largest absolute Gasteiger partial charge is 0.271 e. The topological polar surface area (TPSA) is 38.0 Å². The molecule has 16 heavy (non-hydrogen) atoms. The Bertz CT molecular complexity index is 436. The molecule has 0 bridgehead atoms. The predicted octanol–water partition coefficient (Wildman–Crippen LogP) is 2.80. The first-order valence-corrected chi connectivity index (χ1v) is 6.22. The van der Waals surface area contributed by atoms with Gasteiger partial charge in [-0.2, -0.15) is 0 Å². The van der Waals surface area contributed by atoms with Gasteiger partial charge in [0.15, 0.2) is 0 Å². The van der Waals surface area contributed by atoms with Crippen LogP contribution < -0.4 is 11.3 Å². The lowest BCUT2D eigenvalue weighted by molar-refractivity contribution is 0.553. The molecule has 0 saturated carbocycles. The summed E-state index contributed by atoms with van der Waals surface area (Å²) in [4.78, 5) is 1.32. The van der Waals surface area contributed by atoms with Crippen molar-refractivity contribution in [2.24, 2.45) is 5.84 Å². The minimum atomic E-state index is 0.201. The van der Waals surface area contributed by atoms with Crippen molar-refractivity contribution in [2.75, 3.05) is 0 Å². The van der Waals surface area contributed by atoms with Crippen LogP contribution in [0.2, 0.25) is 0 Å². The van der Waals surface area contributed by atoms with Crippen LogP contribution in [0.25, 0.3) is 0 Å². The summed E-state index contributed by atoms with van der Waals surface area (Å²) in [5, 5.41) is 2.17. The summed E-state index contributed by atoms with van der Waals surface area (Å²) < 4.78 is 0. The number of hydrogen-bond donors (Lipinski definition) is 2. The molecular weight excluding hydrogens is 216 g/mol.